The SMILES string of the molecule is CS(=O)(=O)c1cccc(NC(=O)[C@H](Cc2ccccc2)NC(=O)c2ccco2)c1. The highest BCUT2D eigenvalue weighted by Crippen LogP contribution is 2.16. The van der Waals surface area contributed by atoms with Crippen LogP contribution in [-0.2, 0) is 21.1 Å². The molecule has 1 aromatic heterocycles. The maximum absolute atomic E-state index is 12.9. The zero-order valence-corrected chi connectivity index (χ0v) is 16.5. The fraction of sp³-hybridized carbons (Fsp3) is 0.143. The lowest BCUT2D eigenvalue weighted by atomic mass is 10.0. The Morgan fingerprint density at radius 2 is 1.76 bits per heavy atom. The molecule has 0 bridgehead atoms. The third-order valence-electron chi connectivity index (χ3n) is 4.18. The van der Waals surface area contributed by atoms with Gasteiger partial charge in [-0.05, 0) is 35.9 Å². The minimum absolute atomic E-state index is 0.0922. The molecule has 0 unspecified atom stereocenters. The zero-order valence-electron chi connectivity index (χ0n) is 15.7. The second kappa shape index (κ2) is 8.74. The predicted octanol–water partition coefficient (Wildman–Crippen LogP) is 2.66. The largest absolute Gasteiger partial charge is 0.459 e. The third kappa shape index (κ3) is 5.55. The predicted molar refractivity (Wildman–Crippen MR) is 108 cm³/mol. The molecule has 3 aromatic rings. The summed E-state index contributed by atoms with van der Waals surface area (Å²) in [5.74, 6) is -0.898. The van der Waals surface area contributed by atoms with Crippen molar-refractivity contribution >= 4 is 27.3 Å². The Hall–Kier alpha value is -3.39. The van der Waals surface area contributed by atoms with Crippen molar-refractivity contribution in [3.63, 3.8) is 0 Å². The Kier molecular flexibility index (Phi) is 6.13. The normalized spacial score (nSPS) is 12.2. The number of carbonyl (C=O) groups excluding carboxylic acids is 2. The molecule has 3 rings (SSSR count). The summed E-state index contributed by atoms with van der Waals surface area (Å²) in [6.45, 7) is 0. The summed E-state index contributed by atoms with van der Waals surface area (Å²) in [6, 6.07) is 17.4. The van der Waals surface area contributed by atoms with Crippen LogP contribution in [0.5, 0.6) is 0 Å². The second-order valence-corrected chi connectivity index (χ2v) is 8.50. The molecule has 2 amide bonds. The number of hydrogen-bond donors (Lipinski definition) is 2. The minimum Gasteiger partial charge on any atom is -0.459 e. The molecule has 0 aliphatic rings. The first-order chi connectivity index (χ1) is 13.8. The van der Waals surface area contributed by atoms with E-state index in [1.165, 1.54) is 24.5 Å². The first-order valence-corrected chi connectivity index (χ1v) is 10.7. The van der Waals surface area contributed by atoms with E-state index in [1.54, 1.807) is 18.2 Å². The lowest BCUT2D eigenvalue weighted by molar-refractivity contribution is -0.118. The molecule has 2 N–H and O–H groups in total. The summed E-state index contributed by atoms with van der Waals surface area (Å²) < 4.78 is 28.6. The van der Waals surface area contributed by atoms with Gasteiger partial charge in [-0.15, -0.1) is 0 Å². The molecule has 8 heteroatoms. The fourth-order valence-corrected chi connectivity index (χ4v) is 3.40. The highest BCUT2D eigenvalue weighted by Gasteiger charge is 2.23. The summed E-state index contributed by atoms with van der Waals surface area (Å²) in [7, 11) is -3.41. The number of sulfone groups is 1. The molecule has 0 spiro atoms. The van der Waals surface area contributed by atoms with E-state index in [4.69, 9.17) is 4.42 Å². The molecule has 7 nitrogen and oxygen atoms in total. The number of amides is 2. The molecule has 1 heterocycles. The van der Waals surface area contributed by atoms with Crippen molar-refractivity contribution in [1.29, 1.82) is 0 Å². The van der Waals surface area contributed by atoms with Crippen LogP contribution in [-0.4, -0.2) is 32.5 Å². The van der Waals surface area contributed by atoms with Crippen LogP contribution < -0.4 is 10.6 Å². The van der Waals surface area contributed by atoms with Crippen LogP contribution in [0.2, 0.25) is 0 Å². The van der Waals surface area contributed by atoms with Gasteiger partial charge in [0, 0.05) is 18.4 Å². The first-order valence-electron chi connectivity index (χ1n) is 8.82. The Labute approximate surface area is 168 Å². The van der Waals surface area contributed by atoms with Crippen LogP contribution in [0.4, 0.5) is 5.69 Å². The van der Waals surface area contributed by atoms with Crippen molar-refractivity contribution in [2.24, 2.45) is 0 Å². The van der Waals surface area contributed by atoms with Crippen molar-refractivity contribution in [2.45, 2.75) is 17.4 Å². The molecule has 0 saturated heterocycles. The van der Waals surface area contributed by atoms with Gasteiger partial charge < -0.3 is 15.1 Å². The van der Waals surface area contributed by atoms with Gasteiger partial charge in [0.15, 0.2) is 15.6 Å². The number of anilines is 1. The maximum Gasteiger partial charge on any atom is 0.287 e. The van der Waals surface area contributed by atoms with Crippen molar-refractivity contribution in [1.82, 2.24) is 5.32 Å². The molecule has 0 saturated carbocycles. The van der Waals surface area contributed by atoms with Crippen molar-refractivity contribution in [2.75, 3.05) is 11.6 Å². The van der Waals surface area contributed by atoms with Crippen LogP contribution in [0.1, 0.15) is 16.1 Å². The average molecular weight is 412 g/mol. The van der Waals surface area contributed by atoms with E-state index in [9.17, 15) is 18.0 Å². The topological polar surface area (TPSA) is 105 Å². The molecule has 29 heavy (non-hydrogen) atoms. The molecule has 150 valence electrons. The van der Waals surface area contributed by atoms with Gasteiger partial charge in [0.2, 0.25) is 5.91 Å². The molecule has 0 radical (unpaired) electrons. The molecule has 1 atom stereocenters. The highest BCUT2D eigenvalue weighted by molar-refractivity contribution is 7.90. The Morgan fingerprint density at radius 1 is 1.00 bits per heavy atom. The summed E-state index contributed by atoms with van der Waals surface area (Å²) in [5, 5.41) is 5.35. The summed E-state index contributed by atoms with van der Waals surface area (Å²) >= 11 is 0. The zero-order chi connectivity index (χ0) is 20.9. The van der Waals surface area contributed by atoms with Crippen LogP contribution in [0, 0.1) is 0 Å². The number of benzene rings is 2. The van der Waals surface area contributed by atoms with Crippen LogP contribution >= 0.6 is 0 Å². The lowest BCUT2D eigenvalue weighted by Crippen LogP contribution is -2.45. The minimum atomic E-state index is -3.41. The van der Waals surface area contributed by atoms with Crippen LogP contribution in [0.3, 0.4) is 0 Å². The summed E-state index contributed by atoms with van der Waals surface area (Å²) in [5.41, 5.74) is 1.18. The van der Waals surface area contributed by atoms with E-state index in [0.717, 1.165) is 11.8 Å². The standard InChI is InChI=1S/C21H20N2O5S/c1-29(26,27)17-10-5-9-16(14-17)22-20(24)18(13-15-7-3-2-4-8-15)23-21(25)19-11-6-12-28-19/h2-12,14,18H,13H2,1H3,(H,22,24)(H,23,25)/t18-/m0/s1. The van der Waals surface area contributed by atoms with Gasteiger partial charge in [0.1, 0.15) is 6.04 Å². The second-order valence-electron chi connectivity index (χ2n) is 6.48. The Bertz CT molecular complexity index is 1090. The number of carbonyl (C=O) groups is 2. The monoisotopic (exact) mass is 412 g/mol. The van der Waals surface area contributed by atoms with Gasteiger partial charge in [-0.25, -0.2) is 8.42 Å². The average Bonchev–Trinajstić information content (AvgIpc) is 3.23. The van der Waals surface area contributed by atoms with Gasteiger partial charge in [-0.3, -0.25) is 9.59 Å². The van der Waals surface area contributed by atoms with Gasteiger partial charge in [-0.2, -0.15) is 0 Å². The lowest BCUT2D eigenvalue weighted by Gasteiger charge is -2.18. The number of furan rings is 1. The van der Waals surface area contributed by atoms with Crippen molar-refractivity contribution in [3.05, 3.63) is 84.3 Å². The number of rotatable bonds is 7. The smallest absolute Gasteiger partial charge is 0.287 e. The van der Waals surface area contributed by atoms with E-state index < -0.39 is 27.7 Å². The van der Waals surface area contributed by atoms with Gasteiger partial charge >= 0.3 is 0 Å². The van der Waals surface area contributed by atoms with Gasteiger partial charge in [0.25, 0.3) is 5.91 Å². The maximum atomic E-state index is 12.9. The highest BCUT2D eigenvalue weighted by atomic mass is 32.2. The molecular weight excluding hydrogens is 392 g/mol. The molecule has 0 aliphatic carbocycles. The first kappa shape index (κ1) is 20.3. The van der Waals surface area contributed by atoms with E-state index in [1.807, 2.05) is 30.3 Å². The molecule has 0 fully saturated rings. The molecule has 2 aromatic carbocycles. The fourth-order valence-electron chi connectivity index (χ4n) is 2.73. The molecule has 0 aliphatic heterocycles. The van der Waals surface area contributed by atoms with Crippen molar-refractivity contribution < 1.29 is 22.4 Å². The third-order valence-corrected chi connectivity index (χ3v) is 5.29. The summed E-state index contributed by atoms with van der Waals surface area (Å²) in [6.07, 6.45) is 2.72. The van der Waals surface area contributed by atoms with Crippen LogP contribution in [0.25, 0.3) is 0 Å². The quantitative estimate of drug-likeness (QED) is 0.621. The summed E-state index contributed by atoms with van der Waals surface area (Å²) in [4.78, 5) is 25.4. The number of hydrogen-bond acceptors (Lipinski definition) is 5. The Morgan fingerprint density at radius 3 is 2.41 bits per heavy atom. The number of nitrogens with one attached hydrogen (secondary N) is 2. The van der Waals surface area contributed by atoms with E-state index in [2.05, 4.69) is 10.6 Å². The van der Waals surface area contributed by atoms with Gasteiger partial charge in [-0.1, -0.05) is 36.4 Å². The van der Waals surface area contributed by atoms with Gasteiger partial charge in [0.05, 0.1) is 11.2 Å². The van der Waals surface area contributed by atoms with E-state index in [-0.39, 0.29) is 17.1 Å². The van der Waals surface area contributed by atoms with E-state index >= 15 is 0 Å². The van der Waals surface area contributed by atoms with E-state index in [0.29, 0.717) is 5.69 Å². The van der Waals surface area contributed by atoms with Crippen molar-refractivity contribution in [3.8, 4) is 0 Å². The Balaban J connectivity index is 1.81. The molecular formula is C21H20N2O5S. The van der Waals surface area contributed by atoms with Crippen LogP contribution in [0.15, 0.2) is 82.3 Å².